The number of ether oxygens (including phenoxy) is 2. The number of hydrogen-bond acceptors (Lipinski definition) is 8. The largest absolute Gasteiger partial charge is 0.543 e. The summed E-state index contributed by atoms with van der Waals surface area (Å²) in [5.41, 5.74) is 2.87. The number of hydrogen-bond donors (Lipinski definition) is 0. The molecule has 1 fully saturated rings. The fraction of sp³-hybridized carbons (Fsp3) is 0.643. The molecule has 0 spiro atoms. The van der Waals surface area contributed by atoms with E-state index in [1.807, 2.05) is 21.8 Å². The van der Waals surface area contributed by atoms with Gasteiger partial charge in [-0.05, 0) is 68.4 Å². The van der Waals surface area contributed by atoms with E-state index in [0.29, 0.717) is 6.61 Å². The van der Waals surface area contributed by atoms with Gasteiger partial charge in [-0.1, -0.05) is 20.8 Å². The van der Waals surface area contributed by atoms with Crippen molar-refractivity contribution in [1.29, 1.82) is 0 Å². The second-order valence-electron chi connectivity index (χ2n) is 12.0. The van der Waals surface area contributed by atoms with Crippen LogP contribution in [-0.4, -0.2) is 69.0 Å². The third-order valence-electron chi connectivity index (χ3n) is 7.64. The molecule has 40 heavy (non-hydrogen) atoms. The van der Waals surface area contributed by atoms with E-state index >= 15 is 0 Å². The number of aryl methyl sites for hydroxylation is 1. The summed E-state index contributed by atoms with van der Waals surface area (Å²) in [6.45, 7) is 13.6. The first kappa shape index (κ1) is 30.7. The summed E-state index contributed by atoms with van der Waals surface area (Å²) < 4.78 is 48.8. The summed E-state index contributed by atoms with van der Waals surface area (Å²) in [6.07, 6.45) is 9.73. The van der Waals surface area contributed by atoms with Crippen LogP contribution in [0, 0.1) is 0 Å². The second-order valence-corrected chi connectivity index (χ2v) is 18.4. The van der Waals surface area contributed by atoms with Gasteiger partial charge in [0.1, 0.15) is 11.4 Å². The maximum absolute atomic E-state index is 11.0. The van der Waals surface area contributed by atoms with Gasteiger partial charge in [0.05, 0.1) is 31.2 Å². The second kappa shape index (κ2) is 12.7. The number of rotatable bonds is 13. The molecule has 1 aliphatic rings. The number of aromatic nitrogens is 4. The van der Waals surface area contributed by atoms with Crippen LogP contribution in [0.3, 0.4) is 0 Å². The maximum Gasteiger partial charge on any atom is 0.264 e. The van der Waals surface area contributed by atoms with Crippen molar-refractivity contribution in [2.45, 2.75) is 83.8 Å². The average Bonchev–Trinajstić information content (AvgIpc) is 3.49. The van der Waals surface area contributed by atoms with Crippen LogP contribution in [0.25, 0.3) is 22.2 Å². The van der Waals surface area contributed by atoms with Gasteiger partial charge in [0.25, 0.3) is 10.1 Å². The maximum atomic E-state index is 11.0. The minimum absolute atomic E-state index is 0.0382. The van der Waals surface area contributed by atoms with E-state index in [4.69, 9.17) is 19.0 Å². The fourth-order valence-electron chi connectivity index (χ4n) is 4.41. The predicted octanol–water partition coefficient (Wildman–Crippen LogP) is 5.76. The first-order chi connectivity index (χ1) is 18.8. The predicted molar refractivity (Wildman–Crippen MR) is 158 cm³/mol. The average molecular weight is 593 g/mol. The number of unbranched alkanes of at least 4 members (excludes halogenated alkanes) is 1. The molecular weight excluding hydrogens is 548 g/mol. The summed E-state index contributed by atoms with van der Waals surface area (Å²) in [7, 11) is -5.43. The molecule has 222 valence electrons. The smallest absolute Gasteiger partial charge is 0.264 e. The number of fused-ring (bicyclic) bond motifs is 1. The van der Waals surface area contributed by atoms with E-state index in [2.05, 4.69) is 61.3 Å². The summed E-state index contributed by atoms with van der Waals surface area (Å²) in [5.74, 6) is 0.874. The highest BCUT2D eigenvalue weighted by atomic mass is 32.2. The van der Waals surface area contributed by atoms with E-state index < -0.39 is 18.4 Å². The molecule has 0 bridgehead atoms. The molecule has 4 rings (SSSR count). The molecule has 1 aromatic carbocycles. The lowest BCUT2D eigenvalue weighted by molar-refractivity contribution is -0.0365. The zero-order valence-corrected chi connectivity index (χ0v) is 26.5. The molecule has 3 heterocycles. The van der Waals surface area contributed by atoms with Crippen molar-refractivity contribution in [3.8, 4) is 17.0 Å². The Morgan fingerprint density at radius 2 is 1.93 bits per heavy atom. The van der Waals surface area contributed by atoms with Crippen molar-refractivity contribution >= 4 is 29.3 Å². The zero-order chi connectivity index (χ0) is 29.0. The summed E-state index contributed by atoms with van der Waals surface area (Å²) in [5, 5.41) is 10.8. The highest BCUT2D eigenvalue weighted by molar-refractivity contribution is 7.85. The lowest BCUT2D eigenvalue weighted by atomic mass is 10.1. The highest BCUT2D eigenvalue weighted by Crippen LogP contribution is 2.39. The van der Waals surface area contributed by atoms with E-state index in [-0.39, 0.29) is 24.5 Å². The third kappa shape index (κ3) is 7.94. The van der Waals surface area contributed by atoms with Gasteiger partial charge in [-0.25, -0.2) is 4.68 Å². The number of benzene rings is 1. The Kier molecular flexibility index (Phi) is 9.77. The first-order valence-electron chi connectivity index (χ1n) is 14.1. The number of nitrogens with zero attached hydrogens (tertiary/aromatic N) is 4. The molecule has 1 aliphatic heterocycles. The van der Waals surface area contributed by atoms with E-state index in [9.17, 15) is 8.42 Å². The molecule has 1 saturated heterocycles. The van der Waals surface area contributed by atoms with E-state index in [1.165, 1.54) is 0 Å². The Balaban J connectivity index is 1.48. The van der Waals surface area contributed by atoms with Gasteiger partial charge < -0.3 is 13.9 Å². The normalized spacial score (nSPS) is 17.0. The van der Waals surface area contributed by atoms with Crippen molar-refractivity contribution in [2.75, 3.05) is 32.7 Å². The Hall–Kier alpha value is -2.25. The molecule has 2 aromatic heterocycles. The Labute approximate surface area is 239 Å². The van der Waals surface area contributed by atoms with Crippen molar-refractivity contribution in [3.05, 3.63) is 30.6 Å². The molecule has 0 amide bonds. The first-order valence-corrected chi connectivity index (χ1v) is 18.8. The van der Waals surface area contributed by atoms with Gasteiger partial charge in [0.2, 0.25) is 8.32 Å². The Morgan fingerprint density at radius 1 is 1.12 bits per heavy atom. The van der Waals surface area contributed by atoms with Gasteiger partial charge in [0.15, 0.2) is 6.23 Å². The van der Waals surface area contributed by atoms with Crippen LogP contribution in [0.1, 0.15) is 59.1 Å². The molecule has 1 unspecified atom stereocenters. The topological polar surface area (TPSA) is 107 Å². The lowest BCUT2D eigenvalue weighted by Gasteiger charge is -2.36. The minimum Gasteiger partial charge on any atom is -0.543 e. The van der Waals surface area contributed by atoms with Crippen molar-refractivity contribution < 1.29 is 26.5 Å². The molecule has 0 N–H and O–H groups in total. The van der Waals surface area contributed by atoms with E-state index in [1.54, 1.807) is 0 Å². The fourth-order valence-corrected chi connectivity index (χ4v) is 5.81. The summed E-state index contributed by atoms with van der Waals surface area (Å²) in [6, 6.07) is 6.30. The van der Waals surface area contributed by atoms with Crippen molar-refractivity contribution in [1.82, 2.24) is 19.6 Å². The van der Waals surface area contributed by atoms with Gasteiger partial charge in [-0.3, -0.25) is 8.86 Å². The molecule has 3 aromatic rings. The zero-order valence-electron chi connectivity index (χ0n) is 24.7. The minimum atomic E-state index is -3.42. The standard InChI is InChI=1S/C28H44N4O6SSi/c1-28(2,3)40(5,6)38-23-12-13-25-24(19-23)27(30-32(25)26-11-7-9-16-36-26)22-20-29-31(21-22)14-8-10-15-35-17-18-37-39(4,33)34/h12-13,19-21,26H,7-11,14-18H2,1-6H3. The molecule has 0 radical (unpaired) electrons. The Morgan fingerprint density at radius 3 is 2.62 bits per heavy atom. The quantitative estimate of drug-likeness (QED) is 0.140. The van der Waals surface area contributed by atoms with Gasteiger partial charge in [-0.2, -0.15) is 18.6 Å². The molecule has 10 nitrogen and oxygen atoms in total. The van der Waals surface area contributed by atoms with Gasteiger partial charge >= 0.3 is 0 Å². The molecular formula is C28H44N4O6SSi. The van der Waals surface area contributed by atoms with Crippen molar-refractivity contribution in [3.63, 3.8) is 0 Å². The monoisotopic (exact) mass is 592 g/mol. The summed E-state index contributed by atoms with van der Waals surface area (Å²) >= 11 is 0. The lowest BCUT2D eigenvalue weighted by Crippen LogP contribution is -2.43. The molecule has 1 atom stereocenters. The third-order valence-corrected chi connectivity index (χ3v) is 12.6. The molecule has 0 aliphatic carbocycles. The van der Waals surface area contributed by atoms with Crippen LogP contribution in [0.5, 0.6) is 5.75 Å². The van der Waals surface area contributed by atoms with Crippen LogP contribution in [0.2, 0.25) is 18.1 Å². The van der Waals surface area contributed by atoms with Crippen LogP contribution in [0.4, 0.5) is 0 Å². The highest BCUT2D eigenvalue weighted by Gasteiger charge is 2.39. The molecule has 0 saturated carbocycles. The van der Waals surface area contributed by atoms with Crippen molar-refractivity contribution in [2.24, 2.45) is 0 Å². The van der Waals surface area contributed by atoms with Crippen LogP contribution < -0.4 is 4.43 Å². The van der Waals surface area contributed by atoms with Crippen LogP contribution in [-0.2, 0) is 30.3 Å². The van der Waals surface area contributed by atoms with Crippen LogP contribution in [0.15, 0.2) is 30.6 Å². The summed E-state index contributed by atoms with van der Waals surface area (Å²) in [4.78, 5) is 0. The Bertz CT molecular complexity index is 1370. The van der Waals surface area contributed by atoms with Gasteiger partial charge in [-0.15, -0.1) is 0 Å². The SMILES string of the molecule is CC(C)(C)[Si](C)(C)Oc1ccc2c(c1)c(-c1cnn(CCCCOCCOS(C)(=O)=O)c1)nn2C1CCCCO1. The van der Waals surface area contributed by atoms with Crippen LogP contribution >= 0.6 is 0 Å². The van der Waals surface area contributed by atoms with E-state index in [0.717, 1.165) is 79.4 Å². The van der Waals surface area contributed by atoms with Gasteiger partial charge in [0, 0.05) is 36.9 Å². The molecule has 12 heteroatoms.